The Morgan fingerprint density at radius 1 is 1.26 bits per heavy atom. The number of piperazine rings is 1. The Kier molecular flexibility index (Phi) is 7.42. The van der Waals surface area contributed by atoms with Crippen LogP contribution in [0.4, 0.5) is 4.39 Å². The second-order valence-electron chi connectivity index (χ2n) is 10.7. The quantitative estimate of drug-likeness (QED) is 0.515. The molecule has 1 aromatic heterocycles. The molecule has 2 aromatic rings. The van der Waals surface area contributed by atoms with Crippen molar-refractivity contribution in [2.75, 3.05) is 46.4 Å². The van der Waals surface area contributed by atoms with Gasteiger partial charge in [0.15, 0.2) is 6.23 Å². The molecule has 1 saturated heterocycles. The summed E-state index contributed by atoms with van der Waals surface area (Å²) in [4.78, 5) is 27.8. The molecule has 2 atom stereocenters. The Balaban J connectivity index is 1.46. The van der Waals surface area contributed by atoms with Crippen molar-refractivity contribution in [3.05, 3.63) is 57.9 Å². The monoisotopic (exact) mass is 542 g/mol. The van der Waals surface area contributed by atoms with Gasteiger partial charge >= 0.3 is 0 Å². The number of hydrogen-bond acceptors (Lipinski definition) is 8. The minimum absolute atomic E-state index is 0.0248. The van der Waals surface area contributed by atoms with Crippen LogP contribution in [-0.4, -0.2) is 82.1 Å². The SMILES string of the molecule is CCC(O)(CN1CCN(C)CC1)c1cc(F)c2c(c1)C(=O)N(Cc1ncc(Cl)cn1)C2OCC1(C#N)CC1. The van der Waals surface area contributed by atoms with Gasteiger partial charge in [0, 0.05) is 50.7 Å². The van der Waals surface area contributed by atoms with Gasteiger partial charge < -0.3 is 19.6 Å². The molecule has 3 heterocycles. The molecule has 11 heteroatoms. The second kappa shape index (κ2) is 10.5. The molecule has 1 saturated carbocycles. The van der Waals surface area contributed by atoms with Crippen molar-refractivity contribution in [3.8, 4) is 6.07 Å². The number of ether oxygens (including phenoxy) is 1. The molecule has 0 radical (unpaired) electrons. The van der Waals surface area contributed by atoms with E-state index in [9.17, 15) is 15.2 Å². The Labute approximate surface area is 226 Å². The number of aliphatic hydroxyl groups is 1. The highest BCUT2D eigenvalue weighted by molar-refractivity contribution is 6.30. The number of hydrogen-bond donors (Lipinski definition) is 1. The number of fused-ring (bicyclic) bond motifs is 1. The molecule has 202 valence electrons. The van der Waals surface area contributed by atoms with Crippen molar-refractivity contribution in [1.29, 1.82) is 5.26 Å². The van der Waals surface area contributed by atoms with Crippen molar-refractivity contribution < 1.29 is 19.0 Å². The van der Waals surface area contributed by atoms with Crippen LogP contribution < -0.4 is 0 Å². The number of likely N-dealkylation sites (N-methyl/N-ethyl adjacent to an activating group) is 1. The molecule has 1 aliphatic carbocycles. The van der Waals surface area contributed by atoms with E-state index in [1.54, 1.807) is 6.07 Å². The van der Waals surface area contributed by atoms with Crippen LogP contribution in [0.5, 0.6) is 0 Å². The molecule has 2 aliphatic heterocycles. The first-order valence-electron chi connectivity index (χ1n) is 12.9. The number of rotatable bonds is 9. The van der Waals surface area contributed by atoms with Crippen molar-refractivity contribution in [1.82, 2.24) is 24.7 Å². The average molecular weight is 543 g/mol. The van der Waals surface area contributed by atoms with Crippen LogP contribution in [0.25, 0.3) is 0 Å². The molecular weight excluding hydrogens is 511 g/mol. The van der Waals surface area contributed by atoms with Gasteiger partial charge in [0.25, 0.3) is 5.91 Å². The minimum atomic E-state index is -1.33. The van der Waals surface area contributed by atoms with E-state index in [0.717, 1.165) is 26.2 Å². The molecule has 0 spiro atoms. The number of halogens is 2. The first-order valence-corrected chi connectivity index (χ1v) is 13.3. The summed E-state index contributed by atoms with van der Waals surface area (Å²) in [5, 5.41) is 21.5. The summed E-state index contributed by atoms with van der Waals surface area (Å²) in [5.41, 5.74) is -1.31. The fourth-order valence-corrected chi connectivity index (χ4v) is 5.19. The Bertz CT molecular complexity index is 1240. The maximum absolute atomic E-state index is 15.8. The predicted molar refractivity (Wildman–Crippen MR) is 137 cm³/mol. The number of benzene rings is 1. The number of nitriles is 1. The third-order valence-electron chi connectivity index (χ3n) is 7.95. The first-order chi connectivity index (χ1) is 18.2. The van der Waals surface area contributed by atoms with Crippen LogP contribution >= 0.6 is 11.6 Å². The van der Waals surface area contributed by atoms with Gasteiger partial charge in [-0.3, -0.25) is 9.69 Å². The topological polar surface area (TPSA) is 106 Å². The van der Waals surface area contributed by atoms with Crippen LogP contribution in [0, 0.1) is 22.6 Å². The first kappa shape index (κ1) is 26.9. The number of carbonyl (C=O) groups is 1. The number of carbonyl (C=O) groups excluding carboxylic acids is 1. The molecule has 38 heavy (non-hydrogen) atoms. The highest BCUT2D eigenvalue weighted by Crippen LogP contribution is 2.47. The Morgan fingerprint density at radius 2 is 1.95 bits per heavy atom. The van der Waals surface area contributed by atoms with Crippen LogP contribution in [0.2, 0.25) is 5.02 Å². The van der Waals surface area contributed by atoms with E-state index < -0.39 is 29.0 Å². The molecule has 0 bridgehead atoms. The highest BCUT2D eigenvalue weighted by atomic mass is 35.5. The molecular formula is C27H32ClFN6O3. The average Bonchev–Trinajstić information content (AvgIpc) is 3.65. The smallest absolute Gasteiger partial charge is 0.257 e. The summed E-state index contributed by atoms with van der Waals surface area (Å²) in [6.07, 6.45) is 3.59. The van der Waals surface area contributed by atoms with E-state index in [1.165, 1.54) is 23.4 Å². The van der Waals surface area contributed by atoms with E-state index >= 15 is 4.39 Å². The largest absolute Gasteiger partial charge is 0.384 e. The normalized spacial score (nSPS) is 22.7. The lowest BCUT2D eigenvalue weighted by molar-refractivity contribution is -0.0557. The van der Waals surface area contributed by atoms with Crippen molar-refractivity contribution >= 4 is 17.5 Å². The van der Waals surface area contributed by atoms with Crippen LogP contribution in [0.3, 0.4) is 0 Å². The second-order valence-corrected chi connectivity index (χ2v) is 11.1. The fourth-order valence-electron chi connectivity index (χ4n) is 5.09. The van der Waals surface area contributed by atoms with Gasteiger partial charge in [0.2, 0.25) is 0 Å². The van der Waals surface area contributed by atoms with Gasteiger partial charge in [-0.1, -0.05) is 18.5 Å². The number of amides is 1. The zero-order chi connectivity index (χ0) is 27.1. The van der Waals surface area contributed by atoms with Crippen LogP contribution in [0.15, 0.2) is 24.5 Å². The van der Waals surface area contributed by atoms with E-state index in [1.807, 2.05) is 6.92 Å². The number of aromatic nitrogens is 2. The highest BCUT2D eigenvalue weighted by Gasteiger charge is 2.47. The van der Waals surface area contributed by atoms with E-state index in [4.69, 9.17) is 16.3 Å². The third kappa shape index (κ3) is 5.26. The van der Waals surface area contributed by atoms with Crippen LogP contribution in [-0.2, 0) is 16.9 Å². The molecule has 1 amide bonds. The maximum atomic E-state index is 15.8. The van der Waals surface area contributed by atoms with Crippen molar-refractivity contribution in [3.63, 3.8) is 0 Å². The summed E-state index contributed by atoms with van der Waals surface area (Å²) < 4.78 is 21.9. The fraction of sp³-hybridized carbons (Fsp3) is 0.556. The minimum Gasteiger partial charge on any atom is -0.384 e. The Hall–Kier alpha value is -2.68. The maximum Gasteiger partial charge on any atom is 0.257 e. The lowest BCUT2D eigenvalue weighted by atomic mass is 9.87. The van der Waals surface area contributed by atoms with Crippen molar-refractivity contribution in [2.24, 2.45) is 5.41 Å². The molecule has 1 N–H and O–H groups in total. The summed E-state index contributed by atoms with van der Waals surface area (Å²) in [6.45, 7) is 5.65. The lowest BCUT2D eigenvalue weighted by Gasteiger charge is -2.38. The summed E-state index contributed by atoms with van der Waals surface area (Å²) >= 11 is 5.91. The number of β-amino-alcohol motifs (C(OH)–C–C–N with tert-alkyl or cyclic N) is 1. The van der Waals surface area contributed by atoms with Gasteiger partial charge in [-0.2, -0.15) is 5.26 Å². The van der Waals surface area contributed by atoms with E-state index in [0.29, 0.717) is 42.2 Å². The molecule has 2 unspecified atom stereocenters. The molecule has 5 rings (SSSR count). The molecule has 1 aromatic carbocycles. The summed E-state index contributed by atoms with van der Waals surface area (Å²) in [7, 11) is 2.06. The van der Waals surface area contributed by atoms with Gasteiger partial charge in [-0.05, 0) is 44.0 Å². The zero-order valence-electron chi connectivity index (χ0n) is 21.7. The van der Waals surface area contributed by atoms with Crippen LogP contribution in [0.1, 0.15) is 59.7 Å². The lowest BCUT2D eigenvalue weighted by Crippen LogP contribution is -2.49. The third-order valence-corrected chi connectivity index (χ3v) is 8.14. The van der Waals surface area contributed by atoms with Gasteiger partial charge in [-0.25, -0.2) is 14.4 Å². The summed E-state index contributed by atoms with van der Waals surface area (Å²) in [6, 6.07) is 5.19. The standard InChI is InChI=1S/C27H32ClFN6O3/c1-3-27(37,16-34-8-6-33(2)7-9-34)18-10-20-23(21(29)11-18)25(38-17-26(15-30)4-5-26)35(24(20)36)14-22-31-12-19(28)13-32-22/h10-13,25,37H,3-9,14,16-17H2,1-2H3. The molecule has 3 aliphatic rings. The van der Waals surface area contributed by atoms with E-state index in [-0.39, 0.29) is 24.3 Å². The van der Waals surface area contributed by atoms with Crippen molar-refractivity contribution in [2.45, 2.75) is 44.6 Å². The Morgan fingerprint density at radius 3 is 2.55 bits per heavy atom. The zero-order valence-corrected chi connectivity index (χ0v) is 22.4. The van der Waals surface area contributed by atoms with E-state index in [2.05, 4.69) is 32.9 Å². The van der Waals surface area contributed by atoms with Gasteiger partial charge in [0.1, 0.15) is 17.2 Å². The van der Waals surface area contributed by atoms with Gasteiger partial charge in [-0.15, -0.1) is 0 Å². The predicted octanol–water partition coefficient (Wildman–Crippen LogP) is 3.09. The summed E-state index contributed by atoms with van der Waals surface area (Å²) in [5.74, 6) is -0.738. The number of nitrogens with zero attached hydrogens (tertiary/aromatic N) is 6. The molecule has 2 fully saturated rings. The van der Waals surface area contributed by atoms with Gasteiger partial charge in [0.05, 0.1) is 35.2 Å². The molecule has 9 nitrogen and oxygen atoms in total.